The molecular formula is C21H17B. The number of hydrogen-bond donors (Lipinski definition) is 0. The molecule has 0 aromatic heterocycles. The van der Waals surface area contributed by atoms with Crippen LogP contribution in [0.25, 0.3) is 0 Å². The van der Waals surface area contributed by atoms with Crippen molar-refractivity contribution in [3.8, 4) is 11.7 Å². The van der Waals surface area contributed by atoms with Crippen LogP contribution in [0.5, 0.6) is 0 Å². The topological polar surface area (TPSA) is 0 Å². The van der Waals surface area contributed by atoms with Gasteiger partial charge in [-0.05, 0) is 19.1 Å². The first-order valence-electron chi connectivity index (χ1n) is 7.51. The van der Waals surface area contributed by atoms with Crippen LogP contribution in [0.2, 0.25) is 0 Å². The SMILES string of the molecule is Cc1ccc(C#CB(c2ccccc2)c2ccccc2)cc1. The highest BCUT2D eigenvalue weighted by Gasteiger charge is 2.15. The number of benzene rings is 3. The average Bonchev–Trinajstić information content (AvgIpc) is 2.59. The van der Waals surface area contributed by atoms with Crippen molar-refractivity contribution in [1.29, 1.82) is 0 Å². The Hall–Kier alpha value is -2.72. The van der Waals surface area contributed by atoms with Crippen molar-refractivity contribution in [3.05, 3.63) is 96.1 Å². The predicted octanol–water partition coefficient (Wildman–Crippen LogP) is 3.19. The molecule has 0 spiro atoms. The molecule has 104 valence electrons. The Morgan fingerprint density at radius 1 is 0.636 bits per heavy atom. The molecule has 0 heterocycles. The van der Waals surface area contributed by atoms with Gasteiger partial charge in [-0.2, -0.15) is 0 Å². The van der Waals surface area contributed by atoms with E-state index in [-0.39, 0.29) is 6.71 Å². The van der Waals surface area contributed by atoms with Crippen molar-refractivity contribution in [3.63, 3.8) is 0 Å². The molecule has 0 aliphatic carbocycles. The highest BCUT2D eigenvalue weighted by Crippen LogP contribution is 2.01. The molecule has 0 aliphatic rings. The van der Waals surface area contributed by atoms with E-state index < -0.39 is 0 Å². The molecule has 0 unspecified atom stereocenters. The Morgan fingerprint density at radius 2 is 1.14 bits per heavy atom. The Labute approximate surface area is 132 Å². The van der Waals surface area contributed by atoms with E-state index in [0.29, 0.717) is 0 Å². The van der Waals surface area contributed by atoms with E-state index in [9.17, 15) is 0 Å². The summed E-state index contributed by atoms with van der Waals surface area (Å²) in [7, 11) is 0. The molecule has 0 radical (unpaired) electrons. The second-order valence-corrected chi connectivity index (χ2v) is 5.39. The third-order valence-corrected chi connectivity index (χ3v) is 3.68. The lowest BCUT2D eigenvalue weighted by molar-refractivity contribution is 1.46. The highest BCUT2D eigenvalue weighted by molar-refractivity contribution is 6.91. The summed E-state index contributed by atoms with van der Waals surface area (Å²) >= 11 is 0. The lowest BCUT2D eigenvalue weighted by Crippen LogP contribution is -2.41. The Balaban J connectivity index is 1.98. The van der Waals surface area contributed by atoms with E-state index in [0.717, 1.165) is 5.56 Å². The van der Waals surface area contributed by atoms with Crippen molar-refractivity contribution >= 4 is 17.6 Å². The number of rotatable bonds is 2. The fourth-order valence-corrected chi connectivity index (χ4v) is 2.44. The molecule has 0 aliphatic heterocycles. The summed E-state index contributed by atoms with van der Waals surface area (Å²) in [6.07, 6.45) is 0. The minimum Gasteiger partial charge on any atom is -0.137 e. The van der Waals surface area contributed by atoms with E-state index in [1.54, 1.807) is 0 Å². The van der Waals surface area contributed by atoms with Crippen LogP contribution >= 0.6 is 0 Å². The first kappa shape index (κ1) is 14.2. The minimum absolute atomic E-state index is 0.101. The number of aryl methyl sites for hydroxylation is 1. The Morgan fingerprint density at radius 3 is 1.64 bits per heavy atom. The zero-order valence-electron chi connectivity index (χ0n) is 12.7. The van der Waals surface area contributed by atoms with Gasteiger partial charge >= 0.3 is 0 Å². The third-order valence-electron chi connectivity index (χ3n) is 3.68. The quantitative estimate of drug-likeness (QED) is 0.499. The maximum atomic E-state index is 3.44. The van der Waals surface area contributed by atoms with E-state index in [4.69, 9.17) is 0 Å². The summed E-state index contributed by atoms with van der Waals surface area (Å²) in [6.45, 7) is 2.19. The fraction of sp³-hybridized carbons (Fsp3) is 0.0476. The average molecular weight is 280 g/mol. The van der Waals surface area contributed by atoms with Gasteiger partial charge in [0.1, 0.15) is 0 Å². The summed E-state index contributed by atoms with van der Waals surface area (Å²) in [4.78, 5) is 0. The monoisotopic (exact) mass is 280 g/mol. The van der Waals surface area contributed by atoms with Crippen molar-refractivity contribution < 1.29 is 0 Å². The first-order valence-corrected chi connectivity index (χ1v) is 7.51. The van der Waals surface area contributed by atoms with Crippen molar-refractivity contribution in [2.24, 2.45) is 0 Å². The van der Waals surface area contributed by atoms with Gasteiger partial charge in [0, 0.05) is 5.56 Å². The second kappa shape index (κ2) is 6.83. The first-order chi connectivity index (χ1) is 10.8. The summed E-state index contributed by atoms with van der Waals surface area (Å²) in [5.41, 5.74) is 4.78. The molecule has 0 fully saturated rings. The van der Waals surface area contributed by atoms with Crippen LogP contribution in [0.15, 0.2) is 84.9 Å². The zero-order valence-corrected chi connectivity index (χ0v) is 12.7. The van der Waals surface area contributed by atoms with Crippen LogP contribution in [0.1, 0.15) is 11.1 Å². The van der Waals surface area contributed by atoms with E-state index in [1.165, 1.54) is 16.5 Å². The molecule has 0 saturated heterocycles. The molecule has 3 aromatic carbocycles. The maximum Gasteiger partial charge on any atom is 0.296 e. The molecule has 0 saturated carbocycles. The zero-order chi connectivity index (χ0) is 15.2. The van der Waals surface area contributed by atoms with E-state index >= 15 is 0 Å². The smallest absolute Gasteiger partial charge is 0.137 e. The predicted molar refractivity (Wildman–Crippen MR) is 96.0 cm³/mol. The van der Waals surface area contributed by atoms with Crippen molar-refractivity contribution in [1.82, 2.24) is 0 Å². The van der Waals surface area contributed by atoms with Gasteiger partial charge in [0.15, 0.2) is 0 Å². The van der Waals surface area contributed by atoms with E-state index in [2.05, 4.69) is 91.5 Å². The van der Waals surface area contributed by atoms with Gasteiger partial charge in [0.05, 0.1) is 0 Å². The summed E-state index contributed by atoms with van der Waals surface area (Å²) in [5.74, 6) is 6.76. The van der Waals surface area contributed by atoms with Crippen LogP contribution < -0.4 is 10.9 Å². The molecule has 3 rings (SSSR count). The minimum atomic E-state index is 0.101. The van der Waals surface area contributed by atoms with Gasteiger partial charge in [-0.25, -0.2) is 0 Å². The molecule has 0 amide bonds. The lowest BCUT2D eigenvalue weighted by Gasteiger charge is -2.07. The summed E-state index contributed by atoms with van der Waals surface area (Å²) < 4.78 is 0. The van der Waals surface area contributed by atoms with Gasteiger partial charge in [0.2, 0.25) is 0 Å². The van der Waals surface area contributed by atoms with Gasteiger partial charge in [0.25, 0.3) is 6.71 Å². The van der Waals surface area contributed by atoms with Crippen molar-refractivity contribution in [2.75, 3.05) is 0 Å². The van der Waals surface area contributed by atoms with Gasteiger partial charge in [-0.3, -0.25) is 0 Å². The molecule has 0 N–H and O–H groups in total. The molecule has 22 heavy (non-hydrogen) atoms. The van der Waals surface area contributed by atoms with E-state index in [1.807, 2.05) is 12.1 Å². The second-order valence-electron chi connectivity index (χ2n) is 5.39. The molecule has 3 aromatic rings. The molecule has 0 nitrogen and oxygen atoms in total. The molecule has 0 atom stereocenters. The summed E-state index contributed by atoms with van der Waals surface area (Å²) in [6, 6.07) is 29.3. The van der Waals surface area contributed by atoms with Gasteiger partial charge in [-0.1, -0.05) is 95.2 Å². The number of hydrogen-bond acceptors (Lipinski definition) is 0. The maximum absolute atomic E-state index is 3.44. The van der Waals surface area contributed by atoms with Crippen LogP contribution in [0, 0.1) is 18.7 Å². The Bertz CT molecular complexity index is 739. The van der Waals surface area contributed by atoms with Crippen LogP contribution in [0.4, 0.5) is 0 Å². The van der Waals surface area contributed by atoms with Crippen LogP contribution in [-0.4, -0.2) is 6.71 Å². The van der Waals surface area contributed by atoms with Gasteiger partial charge < -0.3 is 0 Å². The fourth-order valence-electron chi connectivity index (χ4n) is 2.44. The Kier molecular flexibility index (Phi) is 4.42. The highest BCUT2D eigenvalue weighted by atomic mass is 13.9. The third kappa shape index (κ3) is 3.48. The van der Waals surface area contributed by atoms with Crippen molar-refractivity contribution in [2.45, 2.75) is 6.92 Å². The molecule has 1 heteroatoms. The van der Waals surface area contributed by atoms with Crippen LogP contribution in [0.3, 0.4) is 0 Å². The lowest BCUT2D eigenvalue weighted by atomic mass is 9.41. The van der Waals surface area contributed by atoms with Crippen LogP contribution in [-0.2, 0) is 0 Å². The summed E-state index contributed by atoms with van der Waals surface area (Å²) in [5, 5.41) is 0. The normalized spacial score (nSPS) is 9.68. The molecular weight excluding hydrogens is 263 g/mol. The largest absolute Gasteiger partial charge is 0.296 e. The standard InChI is InChI=1S/C21H17B/c1-18-12-14-19(15-13-18)16-17-22(20-8-4-2-5-9-20)21-10-6-3-7-11-21/h2-15H,1H3. The molecule has 0 bridgehead atoms. The van der Waals surface area contributed by atoms with Gasteiger partial charge in [-0.15, -0.1) is 5.82 Å².